The molecule has 0 aliphatic carbocycles. The van der Waals surface area contributed by atoms with Crippen LogP contribution >= 0.6 is 24.0 Å². The molecular weight excluding hydrogens is 266 g/mol. The topological polar surface area (TPSA) is 44.5 Å². The van der Waals surface area contributed by atoms with E-state index in [0.717, 1.165) is 16.2 Å². The van der Waals surface area contributed by atoms with Crippen molar-refractivity contribution in [2.45, 2.75) is 24.8 Å². The van der Waals surface area contributed by atoms with Gasteiger partial charge in [-0.15, -0.1) is 11.8 Å². The predicted molar refractivity (Wildman–Crippen MR) is 80.7 cm³/mol. The number of nitrogens with two attached hydrogens (primary N) is 1. The lowest BCUT2D eigenvalue weighted by Gasteiger charge is -2.14. The van der Waals surface area contributed by atoms with E-state index in [1.807, 2.05) is 38.3 Å². The van der Waals surface area contributed by atoms with Crippen molar-refractivity contribution < 1.29 is 9.47 Å². The van der Waals surface area contributed by atoms with Gasteiger partial charge < -0.3 is 15.2 Å². The van der Waals surface area contributed by atoms with Gasteiger partial charge in [0.15, 0.2) is 0 Å². The highest BCUT2D eigenvalue weighted by Crippen LogP contribution is 2.28. The minimum Gasteiger partial charge on any atom is -0.490 e. The van der Waals surface area contributed by atoms with E-state index < -0.39 is 0 Å². The molecule has 0 saturated heterocycles. The summed E-state index contributed by atoms with van der Waals surface area (Å²) in [5.41, 5.74) is 6.56. The van der Waals surface area contributed by atoms with Gasteiger partial charge in [0.05, 0.1) is 18.3 Å². The molecule has 1 aromatic carbocycles. The molecule has 0 amide bonds. The van der Waals surface area contributed by atoms with Gasteiger partial charge in [0.1, 0.15) is 17.3 Å². The Balaban J connectivity index is 2.72. The molecule has 0 radical (unpaired) electrons. The summed E-state index contributed by atoms with van der Waals surface area (Å²) in [5.74, 6) is 0.724. The first-order valence-electron chi connectivity index (χ1n) is 5.77. The molecular formula is C13H19NO2S2. The zero-order valence-electron chi connectivity index (χ0n) is 10.9. The third-order valence-corrected chi connectivity index (χ3v) is 3.23. The Kier molecular flexibility index (Phi) is 6.46. The zero-order chi connectivity index (χ0) is 13.5. The Bertz CT molecular complexity index is 408. The maximum atomic E-state index is 5.75. The number of thioether (sulfide) groups is 1. The fourth-order valence-electron chi connectivity index (χ4n) is 1.48. The smallest absolute Gasteiger partial charge is 0.130 e. The number of hydrogen-bond donors (Lipinski definition) is 1. The van der Waals surface area contributed by atoms with Crippen LogP contribution in [0.1, 0.15) is 19.4 Å². The molecule has 2 N–H and O–H groups in total. The van der Waals surface area contributed by atoms with E-state index in [2.05, 4.69) is 0 Å². The van der Waals surface area contributed by atoms with Crippen LogP contribution in [0.4, 0.5) is 0 Å². The van der Waals surface area contributed by atoms with Gasteiger partial charge in [-0.05, 0) is 32.2 Å². The SMILES string of the molecule is CSc1cccc(OCCOC(C)C)c1C(N)=S. The van der Waals surface area contributed by atoms with Crippen LogP contribution in [0.5, 0.6) is 5.75 Å². The molecule has 18 heavy (non-hydrogen) atoms. The summed E-state index contributed by atoms with van der Waals surface area (Å²) in [6, 6.07) is 5.80. The Morgan fingerprint density at radius 3 is 2.67 bits per heavy atom. The van der Waals surface area contributed by atoms with Gasteiger partial charge in [-0.1, -0.05) is 18.3 Å². The Morgan fingerprint density at radius 2 is 2.11 bits per heavy atom. The molecule has 0 fully saturated rings. The average molecular weight is 285 g/mol. The van der Waals surface area contributed by atoms with Gasteiger partial charge in [-0.2, -0.15) is 0 Å². The van der Waals surface area contributed by atoms with Crippen molar-refractivity contribution in [3.05, 3.63) is 23.8 Å². The van der Waals surface area contributed by atoms with Crippen LogP contribution < -0.4 is 10.5 Å². The molecule has 0 aliphatic rings. The van der Waals surface area contributed by atoms with Gasteiger partial charge >= 0.3 is 0 Å². The second-order valence-electron chi connectivity index (χ2n) is 3.97. The lowest BCUT2D eigenvalue weighted by atomic mass is 10.2. The van der Waals surface area contributed by atoms with E-state index in [1.54, 1.807) is 11.8 Å². The van der Waals surface area contributed by atoms with Crippen LogP contribution in [-0.4, -0.2) is 30.6 Å². The van der Waals surface area contributed by atoms with Crippen LogP contribution in [0, 0.1) is 0 Å². The maximum Gasteiger partial charge on any atom is 0.130 e. The Morgan fingerprint density at radius 1 is 1.39 bits per heavy atom. The predicted octanol–water partition coefficient (Wildman–Crippen LogP) is 2.85. The van der Waals surface area contributed by atoms with Crippen molar-refractivity contribution in [3.8, 4) is 5.75 Å². The molecule has 1 rings (SSSR count). The molecule has 0 aromatic heterocycles. The monoisotopic (exact) mass is 285 g/mol. The molecule has 100 valence electrons. The largest absolute Gasteiger partial charge is 0.490 e. The van der Waals surface area contributed by atoms with Gasteiger partial charge in [0.2, 0.25) is 0 Å². The van der Waals surface area contributed by atoms with E-state index in [1.165, 1.54) is 0 Å². The molecule has 1 aromatic rings. The van der Waals surface area contributed by atoms with Crippen LogP contribution in [-0.2, 0) is 4.74 Å². The summed E-state index contributed by atoms with van der Waals surface area (Å²) < 4.78 is 11.1. The molecule has 0 unspecified atom stereocenters. The number of benzene rings is 1. The van der Waals surface area contributed by atoms with Crippen molar-refractivity contribution in [1.82, 2.24) is 0 Å². The van der Waals surface area contributed by atoms with Crippen LogP contribution in [0.15, 0.2) is 23.1 Å². The summed E-state index contributed by atoms with van der Waals surface area (Å²) in [6.45, 7) is 5.03. The van der Waals surface area contributed by atoms with Crippen LogP contribution in [0.3, 0.4) is 0 Å². The fourth-order valence-corrected chi connectivity index (χ4v) is 2.38. The fraction of sp³-hybridized carbons (Fsp3) is 0.462. The third kappa shape index (κ3) is 4.48. The van der Waals surface area contributed by atoms with Gasteiger partial charge in [-0.25, -0.2) is 0 Å². The highest BCUT2D eigenvalue weighted by Gasteiger charge is 2.11. The van der Waals surface area contributed by atoms with Crippen LogP contribution in [0.25, 0.3) is 0 Å². The summed E-state index contributed by atoms with van der Waals surface area (Å²) in [6.07, 6.45) is 2.20. The Hall–Kier alpha value is -0.780. The number of ether oxygens (including phenoxy) is 2. The zero-order valence-corrected chi connectivity index (χ0v) is 12.6. The van der Waals surface area contributed by atoms with Crippen LogP contribution in [0.2, 0.25) is 0 Å². The highest BCUT2D eigenvalue weighted by molar-refractivity contribution is 7.98. The average Bonchev–Trinajstić information content (AvgIpc) is 2.33. The van der Waals surface area contributed by atoms with Crippen molar-refractivity contribution in [2.24, 2.45) is 5.73 Å². The highest BCUT2D eigenvalue weighted by atomic mass is 32.2. The number of thiocarbonyl (C=S) groups is 1. The van der Waals surface area contributed by atoms with E-state index in [0.29, 0.717) is 18.2 Å². The van der Waals surface area contributed by atoms with Gasteiger partial charge in [-0.3, -0.25) is 0 Å². The minimum atomic E-state index is 0.209. The number of rotatable bonds is 7. The third-order valence-electron chi connectivity index (χ3n) is 2.25. The summed E-state index contributed by atoms with van der Waals surface area (Å²) in [7, 11) is 0. The maximum absolute atomic E-state index is 5.75. The quantitative estimate of drug-likeness (QED) is 0.474. The van der Waals surface area contributed by atoms with E-state index in [-0.39, 0.29) is 6.10 Å². The Labute approximate surface area is 118 Å². The lowest BCUT2D eigenvalue weighted by Crippen LogP contribution is -2.16. The first-order valence-corrected chi connectivity index (χ1v) is 7.40. The lowest BCUT2D eigenvalue weighted by molar-refractivity contribution is 0.0552. The summed E-state index contributed by atoms with van der Waals surface area (Å²) >= 11 is 6.68. The normalized spacial score (nSPS) is 10.7. The molecule has 0 spiro atoms. The van der Waals surface area contributed by atoms with E-state index >= 15 is 0 Å². The van der Waals surface area contributed by atoms with Gasteiger partial charge in [0.25, 0.3) is 0 Å². The van der Waals surface area contributed by atoms with Crippen molar-refractivity contribution >= 4 is 29.0 Å². The second kappa shape index (κ2) is 7.61. The second-order valence-corrected chi connectivity index (χ2v) is 5.25. The first-order chi connectivity index (χ1) is 8.56. The molecule has 0 atom stereocenters. The molecule has 0 aliphatic heterocycles. The minimum absolute atomic E-state index is 0.209. The summed E-state index contributed by atoms with van der Waals surface area (Å²) in [4.78, 5) is 1.39. The van der Waals surface area contributed by atoms with Gasteiger partial charge in [0, 0.05) is 4.90 Å². The first kappa shape index (κ1) is 15.3. The molecule has 0 heterocycles. The summed E-state index contributed by atoms with van der Waals surface area (Å²) in [5, 5.41) is 0. The van der Waals surface area contributed by atoms with Crippen molar-refractivity contribution in [3.63, 3.8) is 0 Å². The number of hydrogen-bond acceptors (Lipinski definition) is 4. The van der Waals surface area contributed by atoms with E-state index in [9.17, 15) is 0 Å². The molecule has 0 bridgehead atoms. The molecule has 0 saturated carbocycles. The van der Waals surface area contributed by atoms with Crippen molar-refractivity contribution in [1.29, 1.82) is 0 Å². The van der Waals surface area contributed by atoms with Crippen molar-refractivity contribution in [2.75, 3.05) is 19.5 Å². The molecule has 5 heteroatoms. The van der Waals surface area contributed by atoms with E-state index in [4.69, 9.17) is 27.4 Å². The standard InChI is InChI=1S/C13H19NO2S2/c1-9(2)15-7-8-16-10-5-4-6-11(18-3)12(10)13(14)17/h4-6,9H,7-8H2,1-3H3,(H2,14,17). The molecule has 3 nitrogen and oxygen atoms in total.